The molecule has 0 fully saturated rings. The summed E-state index contributed by atoms with van der Waals surface area (Å²) >= 11 is 3.43. The second kappa shape index (κ2) is 6.86. The van der Waals surface area contributed by atoms with E-state index in [1.54, 1.807) is 23.1 Å². The molecule has 0 amide bonds. The minimum absolute atomic E-state index is 0.775. The molecule has 0 aliphatic heterocycles. The Bertz CT molecular complexity index is 1030. The summed E-state index contributed by atoms with van der Waals surface area (Å²) in [6, 6.07) is 20.9. The highest BCUT2D eigenvalue weighted by atomic mass is 32.2. The van der Waals surface area contributed by atoms with E-state index < -0.39 is 0 Å². The van der Waals surface area contributed by atoms with Crippen molar-refractivity contribution in [1.82, 2.24) is 9.97 Å². The van der Waals surface area contributed by atoms with E-state index in [-0.39, 0.29) is 0 Å². The maximum Gasteiger partial charge on any atom is 0.142 e. The molecule has 0 bridgehead atoms. The summed E-state index contributed by atoms with van der Waals surface area (Å²) in [5, 5.41) is 4.53. The summed E-state index contributed by atoms with van der Waals surface area (Å²) in [5.74, 6) is 1.64. The molecular formula is C20H17N3S2. The topological polar surface area (TPSA) is 37.8 Å². The van der Waals surface area contributed by atoms with Gasteiger partial charge in [-0.15, -0.1) is 23.1 Å². The predicted octanol–water partition coefficient (Wildman–Crippen LogP) is 6.13. The monoisotopic (exact) mass is 363 g/mol. The molecule has 0 saturated heterocycles. The van der Waals surface area contributed by atoms with Gasteiger partial charge in [0.15, 0.2) is 0 Å². The third-order valence-corrected chi connectivity index (χ3v) is 5.70. The second-order valence-electron chi connectivity index (χ2n) is 5.67. The molecule has 1 N–H and O–H groups in total. The summed E-state index contributed by atoms with van der Waals surface area (Å²) in [5.41, 5.74) is 2.25. The summed E-state index contributed by atoms with van der Waals surface area (Å²) in [6.45, 7) is 1.94. The Morgan fingerprint density at radius 3 is 2.60 bits per heavy atom. The average Bonchev–Trinajstić information content (AvgIpc) is 3.07. The zero-order valence-corrected chi connectivity index (χ0v) is 15.6. The zero-order valence-electron chi connectivity index (χ0n) is 14.0. The van der Waals surface area contributed by atoms with Crippen molar-refractivity contribution in [2.75, 3.05) is 11.6 Å². The van der Waals surface area contributed by atoms with Gasteiger partial charge in [0.05, 0.1) is 5.39 Å². The number of thiophene rings is 1. The molecule has 2 aromatic heterocycles. The maximum absolute atomic E-state index is 4.64. The lowest BCUT2D eigenvalue weighted by Crippen LogP contribution is -1.97. The predicted molar refractivity (Wildman–Crippen MR) is 109 cm³/mol. The van der Waals surface area contributed by atoms with E-state index in [1.165, 1.54) is 15.3 Å². The van der Waals surface area contributed by atoms with Crippen molar-refractivity contribution in [3.05, 3.63) is 66.5 Å². The van der Waals surface area contributed by atoms with Crippen LogP contribution in [0.15, 0.2) is 65.6 Å². The highest BCUT2D eigenvalue weighted by Gasteiger charge is 2.12. The van der Waals surface area contributed by atoms with Crippen LogP contribution < -0.4 is 5.32 Å². The van der Waals surface area contributed by atoms with Gasteiger partial charge in [-0.3, -0.25) is 0 Å². The molecule has 3 nitrogen and oxygen atoms in total. The van der Waals surface area contributed by atoms with Gasteiger partial charge < -0.3 is 5.32 Å². The van der Waals surface area contributed by atoms with Crippen molar-refractivity contribution in [3.63, 3.8) is 0 Å². The first-order chi connectivity index (χ1) is 12.2. The van der Waals surface area contributed by atoms with Crippen LogP contribution in [0.3, 0.4) is 0 Å². The third kappa shape index (κ3) is 3.38. The van der Waals surface area contributed by atoms with E-state index in [0.717, 1.165) is 27.5 Å². The average molecular weight is 364 g/mol. The second-order valence-corrected chi connectivity index (χ2v) is 7.58. The maximum atomic E-state index is 4.64. The largest absolute Gasteiger partial charge is 0.340 e. The van der Waals surface area contributed by atoms with Crippen LogP contribution in [0, 0.1) is 6.92 Å². The number of nitrogens with zero attached hydrogens (tertiary/aromatic N) is 2. The molecule has 0 atom stereocenters. The van der Waals surface area contributed by atoms with Gasteiger partial charge in [-0.1, -0.05) is 36.4 Å². The Hall–Kier alpha value is -2.37. The SMILES string of the molecule is CSc1cccc(Nc2nc(C)nc3sc(-c4ccccc4)cc23)c1. The Kier molecular flexibility index (Phi) is 4.42. The number of thioether (sulfide) groups is 1. The van der Waals surface area contributed by atoms with Gasteiger partial charge in [-0.05, 0) is 43.0 Å². The van der Waals surface area contributed by atoms with Gasteiger partial charge in [0, 0.05) is 15.5 Å². The number of aromatic nitrogens is 2. The van der Waals surface area contributed by atoms with Gasteiger partial charge in [0.2, 0.25) is 0 Å². The van der Waals surface area contributed by atoms with E-state index in [9.17, 15) is 0 Å². The molecule has 0 spiro atoms. The van der Waals surface area contributed by atoms with Crippen LogP contribution in [0.5, 0.6) is 0 Å². The third-order valence-electron chi connectivity index (χ3n) is 3.90. The van der Waals surface area contributed by atoms with Gasteiger partial charge in [-0.25, -0.2) is 9.97 Å². The fourth-order valence-electron chi connectivity index (χ4n) is 2.71. The molecular weight excluding hydrogens is 346 g/mol. The Morgan fingerprint density at radius 2 is 1.80 bits per heavy atom. The molecule has 5 heteroatoms. The van der Waals surface area contributed by atoms with E-state index in [4.69, 9.17) is 0 Å². The quantitative estimate of drug-likeness (QED) is 0.442. The van der Waals surface area contributed by atoms with Crippen molar-refractivity contribution >= 4 is 44.8 Å². The van der Waals surface area contributed by atoms with E-state index in [1.807, 2.05) is 13.0 Å². The van der Waals surface area contributed by atoms with Gasteiger partial charge >= 0.3 is 0 Å². The molecule has 0 aliphatic carbocycles. The summed E-state index contributed by atoms with van der Waals surface area (Å²) in [6.07, 6.45) is 2.08. The molecule has 0 aliphatic rings. The van der Waals surface area contributed by atoms with E-state index in [0.29, 0.717) is 0 Å². The fraction of sp³-hybridized carbons (Fsp3) is 0.100. The van der Waals surface area contributed by atoms with E-state index in [2.05, 4.69) is 76.1 Å². The van der Waals surface area contributed by atoms with Crippen molar-refractivity contribution in [3.8, 4) is 10.4 Å². The number of hydrogen-bond acceptors (Lipinski definition) is 5. The summed E-state index contributed by atoms with van der Waals surface area (Å²) in [7, 11) is 0. The van der Waals surface area contributed by atoms with Crippen LogP contribution in [0.25, 0.3) is 20.7 Å². The number of aryl methyl sites for hydroxylation is 1. The van der Waals surface area contributed by atoms with Crippen molar-refractivity contribution in [1.29, 1.82) is 0 Å². The molecule has 2 aromatic carbocycles. The number of nitrogens with one attached hydrogen (secondary N) is 1. The van der Waals surface area contributed by atoms with Crippen LogP contribution in [0.4, 0.5) is 11.5 Å². The van der Waals surface area contributed by atoms with Gasteiger partial charge in [0.25, 0.3) is 0 Å². The lowest BCUT2D eigenvalue weighted by atomic mass is 10.2. The lowest BCUT2D eigenvalue weighted by Gasteiger charge is -2.08. The lowest BCUT2D eigenvalue weighted by molar-refractivity contribution is 1.10. The highest BCUT2D eigenvalue weighted by molar-refractivity contribution is 7.98. The standard InChI is InChI=1S/C20H17N3S2/c1-13-21-19(23-15-9-6-10-16(11-15)24-2)17-12-18(25-20(17)22-13)14-7-4-3-5-8-14/h3-12H,1-2H3,(H,21,22,23). The van der Waals surface area contributed by atoms with Crippen LogP contribution in [-0.4, -0.2) is 16.2 Å². The van der Waals surface area contributed by atoms with Crippen molar-refractivity contribution in [2.45, 2.75) is 11.8 Å². The van der Waals surface area contributed by atoms with Crippen LogP contribution >= 0.6 is 23.1 Å². The smallest absolute Gasteiger partial charge is 0.142 e. The Morgan fingerprint density at radius 1 is 0.960 bits per heavy atom. The molecule has 0 radical (unpaired) electrons. The molecule has 0 unspecified atom stereocenters. The number of fused-ring (bicyclic) bond motifs is 1. The Balaban J connectivity index is 1.79. The first-order valence-electron chi connectivity index (χ1n) is 7.97. The molecule has 25 heavy (non-hydrogen) atoms. The summed E-state index contributed by atoms with van der Waals surface area (Å²) < 4.78 is 0. The number of rotatable bonds is 4. The number of hydrogen-bond donors (Lipinski definition) is 1. The van der Waals surface area contributed by atoms with Crippen LogP contribution in [-0.2, 0) is 0 Å². The highest BCUT2D eigenvalue weighted by Crippen LogP contribution is 2.36. The fourth-order valence-corrected chi connectivity index (χ4v) is 4.25. The molecule has 4 aromatic rings. The first-order valence-corrected chi connectivity index (χ1v) is 10.0. The van der Waals surface area contributed by atoms with Crippen molar-refractivity contribution < 1.29 is 0 Å². The Labute approximate surface area is 155 Å². The minimum atomic E-state index is 0.775. The van der Waals surface area contributed by atoms with Crippen LogP contribution in [0.2, 0.25) is 0 Å². The first kappa shape index (κ1) is 16.1. The molecule has 2 heterocycles. The number of benzene rings is 2. The zero-order chi connectivity index (χ0) is 17.2. The van der Waals surface area contributed by atoms with Gasteiger partial charge in [0.1, 0.15) is 16.5 Å². The van der Waals surface area contributed by atoms with E-state index >= 15 is 0 Å². The molecule has 4 rings (SSSR count). The van der Waals surface area contributed by atoms with Crippen molar-refractivity contribution in [2.24, 2.45) is 0 Å². The number of anilines is 2. The minimum Gasteiger partial charge on any atom is -0.340 e. The summed E-state index contributed by atoms with van der Waals surface area (Å²) in [4.78, 5) is 12.7. The van der Waals surface area contributed by atoms with Crippen LogP contribution in [0.1, 0.15) is 5.82 Å². The normalized spacial score (nSPS) is 11.0. The van der Waals surface area contributed by atoms with Gasteiger partial charge in [-0.2, -0.15) is 0 Å². The molecule has 0 saturated carbocycles. The molecule has 124 valence electrons.